The molecule has 0 heterocycles. The Morgan fingerprint density at radius 2 is 0.950 bits per heavy atom. The van der Waals surface area contributed by atoms with Crippen LogP contribution in [0, 0.1) is 0 Å². The average molecular weight is 432 g/mol. The van der Waals surface area contributed by atoms with Crippen molar-refractivity contribution in [3.63, 3.8) is 0 Å². The van der Waals surface area contributed by atoms with Crippen molar-refractivity contribution in [3.8, 4) is 0 Å². The maximum atomic E-state index is 3.55. The molecule has 0 aliphatic heterocycles. The Morgan fingerprint density at radius 1 is 0.600 bits per heavy atom. The number of alkyl halides is 2. The van der Waals surface area contributed by atoms with E-state index in [0.29, 0.717) is 0 Å². The van der Waals surface area contributed by atoms with Gasteiger partial charge in [-0.05, 0) is 22.3 Å². The van der Waals surface area contributed by atoms with Crippen LogP contribution in [0.4, 0.5) is 0 Å². The Labute approximate surface area is 145 Å². The molecule has 0 aliphatic rings. The quantitative estimate of drug-likeness (QED) is 0.276. The first-order valence-corrected chi connectivity index (χ1v) is 11.1. The second-order valence-electron chi connectivity index (χ2n) is 4.33. The summed E-state index contributed by atoms with van der Waals surface area (Å²) in [4.78, 5) is 0. The molecule has 2 aromatic carbocycles. The minimum atomic E-state index is 0.931. The third kappa shape index (κ3) is 4.83. The molecular weight excluding hydrogens is 416 g/mol. The SMILES string of the molecule is BrCc1ccccc1CSSCc1ccccc1CBr. The van der Waals surface area contributed by atoms with Crippen molar-refractivity contribution in [1.29, 1.82) is 0 Å². The van der Waals surface area contributed by atoms with Crippen LogP contribution >= 0.6 is 53.4 Å². The van der Waals surface area contributed by atoms with Crippen molar-refractivity contribution in [2.75, 3.05) is 0 Å². The van der Waals surface area contributed by atoms with Crippen LogP contribution in [0.3, 0.4) is 0 Å². The van der Waals surface area contributed by atoms with Gasteiger partial charge in [-0.25, -0.2) is 0 Å². The van der Waals surface area contributed by atoms with E-state index in [4.69, 9.17) is 0 Å². The van der Waals surface area contributed by atoms with Gasteiger partial charge in [-0.2, -0.15) is 0 Å². The highest BCUT2D eigenvalue weighted by Gasteiger charge is 2.03. The number of halogens is 2. The molecule has 4 heteroatoms. The second-order valence-corrected chi connectivity index (χ2v) is 7.91. The molecular formula is C16H16Br2S2. The summed E-state index contributed by atoms with van der Waals surface area (Å²) < 4.78 is 0. The van der Waals surface area contributed by atoms with Crippen LogP contribution in [-0.2, 0) is 22.2 Å². The highest BCUT2D eigenvalue weighted by molar-refractivity contribution is 9.08. The summed E-state index contributed by atoms with van der Waals surface area (Å²) in [5.74, 6) is 2.12. The molecule has 0 aromatic heterocycles. The maximum Gasteiger partial charge on any atom is 0.0291 e. The van der Waals surface area contributed by atoms with Gasteiger partial charge in [0.2, 0.25) is 0 Å². The summed E-state index contributed by atoms with van der Waals surface area (Å²) in [6.45, 7) is 0. The van der Waals surface area contributed by atoms with E-state index in [-0.39, 0.29) is 0 Å². The smallest absolute Gasteiger partial charge is 0.0291 e. The predicted octanol–water partition coefficient (Wildman–Crippen LogP) is 6.56. The molecule has 0 nitrogen and oxygen atoms in total. The standard InChI is InChI=1S/C16H16Br2S2/c17-9-13-5-1-3-7-15(13)11-19-20-12-16-8-4-2-6-14(16)10-18/h1-8H,9-12H2. The lowest BCUT2D eigenvalue weighted by molar-refractivity contribution is 1.29. The zero-order valence-electron chi connectivity index (χ0n) is 11.0. The molecule has 2 aromatic rings. The van der Waals surface area contributed by atoms with Gasteiger partial charge in [-0.1, -0.05) is 102 Å². The molecule has 0 aliphatic carbocycles. The van der Waals surface area contributed by atoms with Crippen LogP contribution < -0.4 is 0 Å². The van der Waals surface area contributed by atoms with Gasteiger partial charge in [0.1, 0.15) is 0 Å². The van der Waals surface area contributed by atoms with E-state index in [2.05, 4.69) is 80.4 Å². The first-order chi connectivity index (χ1) is 9.85. The summed E-state index contributed by atoms with van der Waals surface area (Å²) in [6.07, 6.45) is 0. The minimum Gasteiger partial charge on any atom is -0.0890 e. The van der Waals surface area contributed by atoms with Crippen molar-refractivity contribution >= 4 is 53.4 Å². The highest BCUT2D eigenvalue weighted by Crippen LogP contribution is 2.32. The topological polar surface area (TPSA) is 0 Å². The van der Waals surface area contributed by atoms with Crippen LogP contribution in [0.15, 0.2) is 48.5 Å². The van der Waals surface area contributed by atoms with E-state index in [9.17, 15) is 0 Å². The lowest BCUT2D eigenvalue weighted by Gasteiger charge is -2.08. The molecule has 0 saturated heterocycles. The zero-order chi connectivity index (χ0) is 14.2. The summed E-state index contributed by atoms with van der Waals surface area (Å²) in [6, 6.07) is 17.3. The summed E-state index contributed by atoms with van der Waals surface area (Å²) in [7, 11) is 3.86. The number of hydrogen-bond donors (Lipinski definition) is 0. The van der Waals surface area contributed by atoms with Gasteiger partial charge >= 0.3 is 0 Å². The monoisotopic (exact) mass is 430 g/mol. The van der Waals surface area contributed by atoms with Crippen LogP contribution in [0.2, 0.25) is 0 Å². The summed E-state index contributed by atoms with van der Waals surface area (Å²) in [5, 5.41) is 1.86. The van der Waals surface area contributed by atoms with Crippen LogP contribution in [0.1, 0.15) is 22.3 Å². The lowest BCUT2D eigenvalue weighted by atomic mass is 10.1. The van der Waals surface area contributed by atoms with Crippen LogP contribution in [0.25, 0.3) is 0 Å². The van der Waals surface area contributed by atoms with Crippen molar-refractivity contribution in [2.45, 2.75) is 22.2 Å². The Balaban J connectivity index is 1.84. The van der Waals surface area contributed by atoms with E-state index in [1.54, 1.807) is 0 Å². The van der Waals surface area contributed by atoms with E-state index in [1.807, 2.05) is 21.6 Å². The summed E-state index contributed by atoms with van der Waals surface area (Å²) in [5.41, 5.74) is 5.63. The van der Waals surface area contributed by atoms with Gasteiger partial charge in [0.15, 0.2) is 0 Å². The molecule has 0 unspecified atom stereocenters. The van der Waals surface area contributed by atoms with Crippen molar-refractivity contribution in [3.05, 3.63) is 70.8 Å². The van der Waals surface area contributed by atoms with Gasteiger partial charge in [0.05, 0.1) is 0 Å². The zero-order valence-corrected chi connectivity index (χ0v) is 15.8. The third-order valence-corrected chi connectivity index (χ3v) is 6.48. The third-order valence-electron chi connectivity index (χ3n) is 3.04. The fraction of sp³-hybridized carbons (Fsp3) is 0.250. The van der Waals surface area contributed by atoms with Gasteiger partial charge in [-0.3, -0.25) is 0 Å². The molecule has 0 bridgehead atoms. The van der Waals surface area contributed by atoms with Crippen molar-refractivity contribution < 1.29 is 0 Å². The fourth-order valence-corrected chi connectivity index (χ4v) is 5.21. The molecule has 0 N–H and O–H groups in total. The van der Waals surface area contributed by atoms with Gasteiger partial charge < -0.3 is 0 Å². The second kappa shape index (κ2) is 9.19. The highest BCUT2D eigenvalue weighted by atomic mass is 79.9. The predicted molar refractivity (Wildman–Crippen MR) is 101 cm³/mol. The van der Waals surface area contributed by atoms with E-state index < -0.39 is 0 Å². The van der Waals surface area contributed by atoms with Gasteiger partial charge in [0, 0.05) is 22.2 Å². The molecule has 2 rings (SSSR count). The first kappa shape index (κ1) is 16.5. The molecule has 20 heavy (non-hydrogen) atoms. The van der Waals surface area contributed by atoms with Gasteiger partial charge in [-0.15, -0.1) is 0 Å². The van der Waals surface area contributed by atoms with Gasteiger partial charge in [0.25, 0.3) is 0 Å². The average Bonchev–Trinajstić information content (AvgIpc) is 2.52. The number of rotatable bonds is 7. The van der Waals surface area contributed by atoms with E-state index >= 15 is 0 Å². The molecule has 0 fully saturated rings. The van der Waals surface area contributed by atoms with Crippen molar-refractivity contribution in [2.24, 2.45) is 0 Å². The minimum absolute atomic E-state index is 0.931. The number of hydrogen-bond acceptors (Lipinski definition) is 2. The van der Waals surface area contributed by atoms with Crippen molar-refractivity contribution in [1.82, 2.24) is 0 Å². The fourth-order valence-electron chi connectivity index (χ4n) is 1.87. The molecule has 106 valence electrons. The van der Waals surface area contributed by atoms with E-state index in [0.717, 1.165) is 22.2 Å². The largest absolute Gasteiger partial charge is 0.0890 e. The maximum absolute atomic E-state index is 3.55. The van der Waals surface area contributed by atoms with Crippen LogP contribution in [-0.4, -0.2) is 0 Å². The lowest BCUT2D eigenvalue weighted by Crippen LogP contribution is -1.89. The summed E-state index contributed by atoms with van der Waals surface area (Å²) >= 11 is 7.10. The Hall–Kier alpha value is 0.1000. The molecule has 0 spiro atoms. The normalized spacial score (nSPS) is 10.7. The van der Waals surface area contributed by atoms with Crippen LogP contribution in [0.5, 0.6) is 0 Å². The molecule has 0 radical (unpaired) electrons. The first-order valence-electron chi connectivity index (χ1n) is 6.35. The molecule has 0 saturated carbocycles. The van der Waals surface area contributed by atoms with E-state index in [1.165, 1.54) is 22.3 Å². The Bertz CT molecular complexity index is 494. The molecule has 0 amide bonds. The Morgan fingerprint density at radius 3 is 1.30 bits per heavy atom. The number of benzene rings is 2. The molecule has 0 atom stereocenters. The Kier molecular flexibility index (Phi) is 7.56.